The molecular formula is C13H19N5O. The molecule has 6 heteroatoms. The van der Waals surface area contributed by atoms with Crippen LogP contribution in [0, 0.1) is 0 Å². The van der Waals surface area contributed by atoms with Gasteiger partial charge in [-0.15, -0.1) is 0 Å². The van der Waals surface area contributed by atoms with E-state index in [1.54, 1.807) is 10.9 Å². The van der Waals surface area contributed by atoms with Crippen molar-refractivity contribution in [3.05, 3.63) is 34.6 Å². The van der Waals surface area contributed by atoms with Gasteiger partial charge in [-0.05, 0) is 12.8 Å². The van der Waals surface area contributed by atoms with Crippen LogP contribution in [0.15, 0.2) is 23.3 Å². The van der Waals surface area contributed by atoms with Crippen LogP contribution in [0.2, 0.25) is 0 Å². The largest absolute Gasteiger partial charge is 0.319 e. The molecule has 0 amide bonds. The van der Waals surface area contributed by atoms with E-state index in [2.05, 4.69) is 15.1 Å². The summed E-state index contributed by atoms with van der Waals surface area (Å²) in [5.41, 5.74) is 6.90. The van der Waals surface area contributed by atoms with Crippen LogP contribution in [0.1, 0.15) is 32.5 Å². The van der Waals surface area contributed by atoms with Gasteiger partial charge in [0.15, 0.2) is 0 Å². The molecule has 0 saturated carbocycles. The maximum atomic E-state index is 11.8. The van der Waals surface area contributed by atoms with Gasteiger partial charge in [-0.3, -0.25) is 9.48 Å². The SMILES string of the molecule is CCC(N)(CC)c1nc(-c2cnn(C)c2)cc(=O)[nH]1. The Balaban J connectivity index is 2.54. The molecule has 2 heterocycles. The van der Waals surface area contributed by atoms with Crippen LogP contribution in [-0.4, -0.2) is 19.7 Å². The average Bonchev–Trinajstić information content (AvgIpc) is 2.84. The number of rotatable bonds is 4. The van der Waals surface area contributed by atoms with Gasteiger partial charge in [-0.2, -0.15) is 5.10 Å². The molecule has 0 spiro atoms. The molecule has 102 valence electrons. The van der Waals surface area contributed by atoms with E-state index in [0.29, 0.717) is 24.4 Å². The number of hydrogen-bond acceptors (Lipinski definition) is 4. The van der Waals surface area contributed by atoms with Gasteiger partial charge in [0.1, 0.15) is 5.82 Å². The van der Waals surface area contributed by atoms with Gasteiger partial charge < -0.3 is 10.7 Å². The normalized spacial score (nSPS) is 11.8. The summed E-state index contributed by atoms with van der Waals surface area (Å²) in [6.45, 7) is 3.97. The maximum Gasteiger partial charge on any atom is 0.251 e. The Kier molecular flexibility index (Phi) is 3.53. The van der Waals surface area contributed by atoms with Crippen molar-refractivity contribution in [2.75, 3.05) is 0 Å². The second kappa shape index (κ2) is 4.97. The maximum absolute atomic E-state index is 11.8. The molecule has 0 unspecified atom stereocenters. The Morgan fingerprint density at radius 1 is 1.42 bits per heavy atom. The minimum Gasteiger partial charge on any atom is -0.319 e. The van der Waals surface area contributed by atoms with Crippen molar-refractivity contribution in [3.63, 3.8) is 0 Å². The van der Waals surface area contributed by atoms with Crippen LogP contribution < -0.4 is 11.3 Å². The number of nitrogens with zero attached hydrogens (tertiary/aromatic N) is 3. The van der Waals surface area contributed by atoms with E-state index in [1.807, 2.05) is 27.1 Å². The first-order chi connectivity index (χ1) is 8.98. The molecule has 0 aliphatic carbocycles. The van der Waals surface area contributed by atoms with Gasteiger partial charge in [0.2, 0.25) is 0 Å². The van der Waals surface area contributed by atoms with Gasteiger partial charge >= 0.3 is 0 Å². The monoisotopic (exact) mass is 261 g/mol. The molecule has 19 heavy (non-hydrogen) atoms. The van der Waals surface area contributed by atoms with Crippen LogP contribution in [0.5, 0.6) is 0 Å². The number of nitrogens with one attached hydrogen (secondary N) is 1. The summed E-state index contributed by atoms with van der Waals surface area (Å²) in [5, 5.41) is 4.09. The number of aryl methyl sites for hydroxylation is 1. The Labute approximate surface area is 111 Å². The first-order valence-electron chi connectivity index (χ1n) is 6.38. The molecule has 0 radical (unpaired) electrons. The second-order valence-corrected chi connectivity index (χ2v) is 4.75. The van der Waals surface area contributed by atoms with E-state index in [4.69, 9.17) is 5.73 Å². The number of nitrogens with two attached hydrogens (primary N) is 1. The Hall–Kier alpha value is -1.95. The first kappa shape index (κ1) is 13.5. The third-order valence-electron chi connectivity index (χ3n) is 3.48. The van der Waals surface area contributed by atoms with Crippen LogP contribution in [0.4, 0.5) is 0 Å². The van der Waals surface area contributed by atoms with Crippen molar-refractivity contribution in [1.29, 1.82) is 0 Å². The zero-order valence-electron chi connectivity index (χ0n) is 11.5. The minimum atomic E-state index is -0.600. The number of H-pyrrole nitrogens is 1. The molecule has 0 atom stereocenters. The Morgan fingerprint density at radius 3 is 2.63 bits per heavy atom. The minimum absolute atomic E-state index is 0.194. The average molecular weight is 261 g/mol. The molecule has 0 aliphatic heterocycles. The van der Waals surface area contributed by atoms with Crippen molar-refractivity contribution in [2.45, 2.75) is 32.2 Å². The predicted octanol–water partition coefficient (Wildman–Crippen LogP) is 1.14. The summed E-state index contributed by atoms with van der Waals surface area (Å²) in [6.07, 6.45) is 4.93. The van der Waals surface area contributed by atoms with Crippen molar-refractivity contribution in [1.82, 2.24) is 19.7 Å². The highest BCUT2D eigenvalue weighted by molar-refractivity contribution is 5.56. The zero-order valence-corrected chi connectivity index (χ0v) is 11.5. The third-order valence-corrected chi connectivity index (χ3v) is 3.48. The van der Waals surface area contributed by atoms with E-state index >= 15 is 0 Å². The Bertz CT molecular complexity index is 624. The summed E-state index contributed by atoms with van der Waals surface area (Å²) in [7, 11) is 1.82. The van der Waals surface area contributed by atoms with Crippen LogP contribution >= 0.6 is 0 Å². The van der Waals surface area contributed by atoms with Crippen molar-refractivity contribution in [3.8, 4) is 11.3 Å². The quantitative estimate of drug-likeness (QED) is 0.863. The lowest BCUT2D eigenvalue weighted by Gasteiger charge is -2.25. The molecule has 2 rings (SSSR count). The first-order valence-corrected chi connectivity index (χ1v) is 6.38. The summed E-state index contributed by atoms with van der Waals surface area (Å²) < 4.78 is 1.67. The summed E-state index contributed by atoms with van der Waals surface area (Å²) >= 11 is 0. The van der Waals surface area contributed by atoms with Gasteiger partial charge in [-0.1, -0.05) is 13.8 Å². The highest BCUT2D eigenvalue weighted by Crippen LogP contribution is 2.23. The molecule has 0 bridgehead atoms. The third kappa shape index (κ3) is 2.58. The van der Waals surface area contributed by atoms with Gasteiger partial charge in [0, 0.05) is 24.9 Å². The molecule has 0 saturated heterocycles. The van der Waals surface area contributed by atoms with E-state index in [1.165, 1.54) is 6.07 Å². The smallest absolute Gasteiger partial charge is 0.251 e. The van der Waals surface area contributed by atoms with Gasteiger partial charge in [0.25, 0.3) is 5.56 Å². The molecule has 0 fully saturated rings. The van der Waals surface area contributed by atoms with Crippen molar-refractivity contribution in [2.24, 2.45) is 12.8 Å². The van der Waals surface area contributed by atoms with Crippen LogP contribution in [0.25, 0.3) is 11.3 Å². The zero-order chi connectivity index (χ0) is 14.0. The van der Waals surface area contributed by atoms with E-state index in [0.717, 1.165) is 5.56 Å². The molecule has 2 aromatic heterocycles. The molecule has 2 aromatic rings. The van der Waals surface area contributed by atoms with Crippen LogP contribution in [0.3, 0.4) is 0 Å². The van der Waals surface area contributed by atoms with Crippen molar-refractivity contribution >= 4 is 0 Å². The van der Waals surface area contributed by atoms with E-state index in [-0.39, 0.29) is 5.56 Å². The lowest BCUT2D eigenvalue weighted by atomic mass is 9.93. The highest BCUT2D eigenvalue weighted by Gasteiger charge is 2.26. The van der Waals surface area contributed by atoms with Gasteiger partial charge in [0.05, 0.1) is 17.4 Å². The fourth-order valence-corrected chi connectivity index (χ4v) is 1.98. The molecule has 3 N–H and O–H groups in total. The van der Waals surface area contributed by atoms with Crippen LogP contribution in [-0.2, 0) is 12.6 Å². The number of aromatic amines is 1. The molecule has 0 aromatic carbocycles. The topological polar surface area (TPSA) is 89.6 Å². The molecule has 0 aliphatic rings. The van der Waals surface area contributed by atoms with E-state index < -0.39 is 5.54 Å². The lowest BCUT2D eigenvalue weighted by molar-refractivity contribution is 0.386. The summed E-state index contributed by atoms with van der Waals surface area (Å²) in [5.74, 6) is 0.531. The van der Waals surface area contributed by atoms with Gasteiger partial charge in [-0.25, -0.2) is 4.98 Å². The lowest BCUT2D eigenvalue weighted by Crippen LogP contribution is -2.38. The number of aromatic nitrogens is 4. The molecular weight excluding hydrogens is 242 g/mol. The Morgan fingerprint density at radius 2 is 2.11 bits per heavy atom. The summed E-state index contributed by atoms with van der Waals surface area (Å²) in [4.78, 5) is 19.0. The second-order valence-electron chi connectivity index (χ2n) is 4.75. The fraction of sp³-hybridized carbons (Fsp3) is 0.462. The van der Waals surface area contributed by atoms with E-state index in [9.17, 15) is 4.79 Å². The standard InChI is InChI=1S/C13H19N5O/c1-4-13(14,5-2)12-16-10(6-11(19)17-12)9-7-15-18(3)8-9/h6-8H,4-5,14H2,1-3H3,(H,16,17,19). The highest BCUT2D eigenvalue weighted by atomic mass is 16.1. The molecule has 6 nitrogen and oxygen atoms in total. The van der Waals surface area contributed by atoms with Crippen molar-refractivity contribution < 1.29 is 0 Å². The fourth-order valence-electron chi connectivity index (χ4n) is 1.98. The summed E-state index contributed by atoms with van der Waals surface area (Å²) in [6, 6.07) is 1.46. The number of hydrogen-bond donors (Lipinski definition) is 2. The predicted molar refractivity (Wildman–Crippen MR) is 73.5 cm³/mol.